The third kappa shape index (κ3) is 2.27. The van der Waals surface area contributed by atoms with Gasteiger partial charge in [0.25, 0.3) is 0 Å². The van der Waals surface area contributed by atoms with E-state index in [9.17, 15) is 4.79 Å². The Morgan fingerprint density at radius 3 is 2.78 bits per heavy atom. The lowest BCUT2D eigenvalue weighted by Gasteiger charge is -1.92. The van der Waals surface area contributed by atoms with Crippen LogP contribution in [0.5, 0.6) is 0 Å². The number of carbonyl (C=O) groups is 1. The Morgan fingerprint density at radius 2 is 1.89 bits per heavy atom. The van der Waals surface area contributed by atoms with Gasteiger partial charge in [-0.3, -0.25) is 4.79 Å². The van der Waals surface area contributed by atoms with E-state index in [-0.39, 0.29) is 5.78 Å². The molecule has 1 aliphatic rings. The highest BCUT2D eigenvalue weighted by atomic mass is 16.1. The first-order valence-corrected chi connectivity index (χ1v) is 3.24. The fraction of sp³-hybridized carbons (Fsp3) is 0.375. The zero-order valence-corrected chi connectivity index (χ0v) is 5.34. The molecule has 0 aromatic rings. The lowest BCUT2D eigenvalue weighted by atomic mass is 10.1. The number of hydrogen-bond donors (Lipinski definition) is 0. The minimum atomic E-state index is 0.214. The van der Waals surface area contributed by atoms with Crippen LogP contribution in [0.15, 0.2) is 24.3 Å². The quantitative estimate of drug-likeness (QED) is 0.448. The van der Waals surface area contributed by atoms with Gasteiger partial charge in [0, 0.05) is 6.42 Å². The Morgan fingerprint density at radius 1 is 1.11 bits per heavy atom. The monoisotopic (exact) mass is 122 g/mol. The summed E-state index contributed by atoms with van der Waals surface area (Å²) >= 11 is 0. The molecule has 0 bridgehead atoms. The molecule has 0 radical (unpaired) electrons. The molecular formula is C8H10O. The molecule has 0 spiro atoms. The minimum absolute atomic E-state index is 0.214. The lowest BCUT2D eigenvalue weighted by molar-refractivity contribution is -0.113. The van der Waals surface area contributed by atoms with E-state index in [1.54, 1.807) is 6.08 Å². The second kappa shape index (κ2) is 3.23. The molecule has 0 atom stereocenters. The zero-order valence-electron chi connectivity index (χ0n) is 5.34. The maximum absolute atomic E-state index is 10.7. The van der Waals surface area contributed by atoms with Crippen molar-refractivity contribution in [3.8, 4) is 0 Å². The van der Waals surface area contributed by atoms with Crippen LogP contribution in [-0.2, 0) is 4.79 Å². The molecule has 0 unspecified atom stereocenters. The van der Waals surface area contributed by atoms with Crippen molar-refractivity contribution in [2.24, 2.45) is 0 Å². The predicted molar refractivity (Wildman–Crippen MR) is 37.1 cm³/mol. The smallest absolute Gasteiger partial charge is 0.159 e. The van der Waals surface area contributed by atoms with Gasteiger partial charge in [-0.05, 0) is 18.9 Å². The fourth-order valence-corrected chi connectivity index (χ4v) is 0.793. The first-order chi connectivity index (χ1) is 4.39. The Labute approximate surface area is 55.1 Å². The Hall–Kier alpha value is -0.850. The summed E-state index contributed by atoms with van der Waals surface area (Å²) in [5.41, 5.74) is 0. The van der Waals surface area contributed by atoms with Gasteiger partial charge in [-0.25, -0.2) is 0 Å². The third-order valence-electron chi connectivity index (χ3n) is 1.29. The van der Waals surface area contributed by atoms with Gasteiger partial charge in [0.15, 0.2) is 5.78 Å². The molecule has 9 heavy (non-hydrogen) atoms. The summed E-state index contributed by atoms with van der Waals surface area (Å²) < 4.78 is 0. The van der Waals surface area contributed by atoms with Crippen molar-refractivity contribution in [3.63, 3.8) is 0 Å². The van der Waals surface area contributed by atoms with Crippen LogP contribution in [0.4, 0.5) is 0 Å². The van der Waals surface area contributed by atoms with Crippen molar-refractivity contribution >= 4 is 5.78 Å². The van der Waals surface area contributed by atoms with Crippen LogP contribution < -0.4 is 0 Å². The average molecular weight is 122 g/mol. The minimum Gasteiger partial charge on any atom is -0.295 e. The molecule has 1 aliphatic carbocycles. The number of hydrogen-bond acceptors (Lipinski definition) is 1. The summed E-state index contributed by atoms with van der Waals surface area (Å²) in [4.78, 5) is 10.7. The largest absolute Gasteiger partial charge is 0.295 e. The van der Waals surface area contributed by atoms with Crippen molar-refractivity contribution < 1.29 is 4.79 Å². The van der Waals surface area contributed by atoms with E-state index in [1.807, 2.05) is 12.2 Å². The molecule has 0 fully saturated rings. The van der Waals surface area contributed by atoms with Gasteiger partial charge in [-0.1, -0.05) is 18.2 Å². The maximum Gasteiger partial charge on any atom is 0.159 e. The summed E-state index contributed by atoms with van der Waals surface area (Å²) in [6.45, 7) is 0. The fourth-order valence-electron chi connectivity index (χ4n) is 0.793. The van der Waals surface area contributed by atoms with E-state index in [2.05, 4.69) is 6.08 Å². The molecular weight excluding hydrogens is 112 g/mol. The summed E-state index contributed by atoms with van der Waals surface area (Å²) in [7, 11) is 0. The molecule has 0 aromatic heterocycles. The molecule has 1 nitrogen and oxygen atoms in total. The Balaban J connectivity index is 2.50. The summed E-state index contributed by atoms with van der Waals surface area (Å²) in [6, 6.07) is 0. The Kier molecular flexibility index (Phi) is 2.25. The number of rotatable bonds is 0. The van der Waals surface area contributed by atoms with Crippen molar-refractivity contribution in [3.05, 3.63) is 24.3 Å². The van der Waals surface area contributed by atoms with Gasteiger partial charge in [0.1, 0.15) is 0 Å². The predicted octanol–water partition coefficient (Wildman–Crippen LogP) is 1.85. The average Bonchev–Trinajstić information content (AvgIpc) is 1.79. The van der Waals surface area contributed by atoms with Gasteiger partial charge < -0.3 is 0 Å². The number of carbonyl (C=O) groups excluding carboxylic acids is 1. The van der Waals surface area contributed by atoms with Crippen LogP contribution in [0.2, 0.25) is 0 Å². The zero-order chi connectivity index (χ0) is 6.53. The van der Waals surface area contributed by atoms with E-state index in [1.165, 1.54) is 0 Å². The highest BCUT2D eigenvalue weighted by Crippen LogP contribution is 2.00. The maximum atomic E-state index is 10.7. The van der Waals surface area contributed by atoms with Crippen LogP contribution in [0.25, 0.3) is 0 Å². The highest BCUT2D eigenvalue weighted by molar-refractivity contribution is 5.90. The molecule has 48 valence electrons. The first-order valence-electron chi connectivity index (χ1n) is 3.24. The SMILES string of the molecule is O=C1C=CCCC=CC1. The summed E-state index contributed by atoms with van der Waals surface area (Å²) in [5, 5.41) is 0. The van der Waals surface area contributed by atoms with Crippen LogP contribution in [0, 0.1) is 0 Å². The van der Waals surface area contributed by atoms with Crippen LogP contribution >= 0.6 is 0 Å². The summed E-state index contributed by atoms with van der Waals surface area (Å²) in [5.74, 6) is 0.214. The topological polar surface area (TPSA) is 17.1 Å². The van der Waals surface area contributed by atoms with E-state index >= 15 is 0 Å². The van der Waals surface area contributed by atoms with Gasteiger partial charge in [-0.2, -0.15) is 0 Å². The van der Waals surface area contributed by atoms with E-state index < -0.39 is 0 Å². The standard InChI is InChI=1S/C8H10O/c9-8-6-4-2-1-3-5-7-8/h2,4-5,7H,1,3,6H2. The van der Waals surface area contributed by atoms with Gasteiger partial charge in [0.2, 0.25) is 0 Å². The van der Waals surface area contributed by atoms with Crippen LogP contribution in [-0.4, -0.2) is 5.78 Å². The van der Waals surface area contributed by atoms with E-state index in [0.29, 0.717) is 6.42 Å². The normalized spacial score (nSPS) is 19.3. The van der Waals surface area contributed by atoms with Crippen molar-refractivity contribution in [1.29, 1.82) is 0 Å². The Bertz CT molecular complexity index is 154. The molecule has 0 heterocycles. The van der Waals surface area contributed by atoms with Crippen LogP contribution in [0.3, 0.4) is 0 Å². The van der Waals surface area contributed by atoms with Crippen molar-refractivity contribution in [1.82, 2.24) is 0 Å². The van der Waals surface area contributed by atoms with E-state index in [0.717, 1.165) is 12.8 Å². The molecule has 0 N–H and O–H groups in total. The molecule has 1 heteroatoms. The molecule has 0 aromatic carbocycles. The first kappa shape index (κ1) is 6.27. The third-order valence-corrected chi connectivity index (χ3v) is 1.29. The summed E-state index contributed by atoms with van der Waals surface area (Å²) in [6.07, 6.45) is 10.3. The van der Waals surface area contributed by atoms with Crippen molar-refractivity contribution in [2.45, 2.75) is 19.3 Å². The van der Waals surface area contributed by atoms with Gasteiger partial charge in [0.05, 0.1) is 0 Å². The van der Waals surface area contributed by atoms with E-state index in [4.69, 9.17) is 0 Å². The lowest BCUT2D eigenvalue weighted by Crippen LogP contribution is -1.90. The van der Waals surface area contributed by atoms with Gasteiger partial charge in [-0.15, -0.1) is 0 Å². The molecule has 0 saturated heterocycles. The van der Waals surface area contributed by atoms with Crippen LogP contribution in [0.1, 0.15) is 19.3 Å². The second-order valence-corrected chi connectivity index (χ2v) is 2.12. The number of allylic oxidation sites excluding steroid dienone is 4. The van der Waals surface area contributed by atoms with Gasteiger partial charge >= 0.3 is 0 Å². The molecule has 1 rings (SSSR count). The van der Waals surface area contributed by atoms with Crippen molar-refractivity contribution in [2.75, 3.05) is 0 Å². The second-order valence-electron chi connectivity index (χ2n) is 2.12. The number of ketones is 1. The molecule has 0 aliphatic heterocycles. The molecule has 0 saturated carbocycles. The molecule has 0 amide bonds. The highest BCUT2D eigenvalue weighted by Gasteiger charge is 1.92.